The molecule has 2 N–H and O–H groups in total. The summed E-state index contributed by atoms with van der Waals surface area (Å²) in [6, 6.07) is 8.29. The second-order valence-electron chi connectivity index (χ2n) is 4.85. The van der Waals surface area contributed by atoms with Crippen molar-refractivity contribution in [2.75, 3.05) is 0 Å². The highest BCUT2D eigenvalue weighted by molar-refractivity contribution is 5.29. The number of aromatic nitrogens is 3. The van der Waals surface area contributed by atoms with Gasteiger partial charge in [0.05, 0.1) is 5.69 Å². The van der Waals surface area contributed by atoms with Crippen molar-refractivity contribution in [1.29, 1.82) is 0 Å². The van der Waals surface area contributed by atoms with E-state index in [4.69, 9.17) is 5.73 Å². The molecule has 0 saturated carbocycles. The predicted molar refractivity (Wildman–Crippen MR) is 67.4 cm³/mol. The lowest BCUT2D eigenvalue weighted by molar-refractivity contribution is 0.484. The highest BCUT2D eigenvalue weighted by Gasteiger charge is 2.23. The van der Waals surface area contributed by atoms with Crippen molar-refractivity contribution in [3.63, 3.8) is 0 Å². The van der Waals surface area contributed by atoms with E-state index in [1.54, 1.807) is 4.68 Å². The molecule has 17 heavy (non-hydrogen) atoms. The summed E-state index contributed by atoms with van der Waals surface area (Å²) < 4.78 is 1.70. The van der Waals surface area contributed by atoms with E-state index in [-0.39, 0.29) is 0 Å². The number of benzene rings is 1. The Labute approximate surface area is 101 Å². The third-order valence-electron chi connectivity index (χ3n) is 2.88. The molecule has 0 aliphatic carbocycles. The summed E-state index contributed by atoms with van der Waals surface area (Å²) in [6.07, 6.45) is 2.59. The lowest BCUT2D eigenvalue weighted by Crippen LogP contribution is -2.35. The van der Waals surface area contributed by atoms with Crippen LogP contribution in [-0.4, -0.2) is 15.0 Å². The molecule has 0 saturated heterocycles. The summed E-state index contributed by atoms with van der Waals surface area (Å²) in [7, 11) is 1.86. The molecule has 0 spiro atoms. The number of hydrogen-bond donors (Lipinski definition) is 1. The molecule has 0 aliphatic rings. The van der Waals surface area contributed by atoms with Crippen molar-refractivity contribution >= 4 is 0 Å². The minimum Gasteiger partial charge on any atom is -0.321 e. The Morgan fingerprint density at radius 1 is 1.41 bits per heavy atom. The van der Waals surface area contributed by atoms with E-state index < -0.39 is 5.54 Å². The van der Waals surface area contributed by atoms with Crippen molar-refractivity contribution in [2.24, 2.45) is 12.8 Å². The molecule has 0 bridgehead atoms. The van der Waals surface area contributed by atoms with Gasteiger partial charge >= 0.3 is 0 Å². The van der Waals surface area contributed by atoms with Crippen molar-refractivity contribution in [3.8, 4) is 0 Å². The number of rotatable bonds is 3. The largest absolute Gasteiger partial charge is 0.321 e. The first kappa shape index (κ1) is 11.8. The van der Waals surface area contributed by atoms with Crippen LogP contribution in [0.15, 0.2) is 30.5 Å². The van der Waals surface area contributed by atoms with Gasteiger partial charge in [-0.05, 0) is 19.4 Å². The Morgan fingerprint density at radius 3 is 2.76 bits per heavy atom. The molecule has 90 valence electrons. The van der Waals surface area contributed by atoms with Crippen LogP contribution in [0, 0.1) is 6.92 Å². The maximum atomic E-state index is 6.37. The molecule has 1 unspecified atom stereocenters. The SMILES string of the molecule is Cc1cccc(C(C)(N)Cc2cn(C)nn2)c1. The zero-order chi connectivity index (χ0) is 12.5. The van der Waals surface area contributed by atoms with Crippen LogP contribution >= 0.6 is 0 Å². The van der Waals surface area contributed by atoms with Gasteiger partial charge in [0.2, 0.25) is 0 Å². The minimum atomic E-state index is -0.415. The quantitative estimate of drug-likeness (QED) is 0.870. The zero-order valence-electron chi connectivity index (χ0n) is 10.5. The molecule has 0 aliphatic heterocycles. The first-order valence-electron chi connectivity index (χ1n) is 5.68. The topological polar surface area (TPSA) is 56.7 Å². The fraction of sp³-hybridized carbons (Fsp3) is 0.385. The summed E-state index contributed by atoms with van der Waals surface area (Å²) in [5.74, 6) is 0. The van der Waals surface area contributed by atoms with Gasteiger partial charge in [-0.15, -0.1) is 5.10 Å². The van der Waals surface area contributed by atoms with E-state index in [9.17, 15) is 0 Å². The molecular weight excluding hydrogens is 212 g/mol. The molecule has 4 heteroatoms. The molecule has 1 atom stereocenters. The van der Waals surface area contributed by atoms with Gasteiger partial charge < -0.3 is 5.73 Å². The van der Waals surface area contributed by atoms with Gasteiger partial charge in [0, 0.05) is 25.2 Å². The second-order valence-corrected chi connectivity index (χ2v) is 4.85. The Hall–Kier alpha value is -1.68. The van der Waals surface area contributed by atoms with Gasteiger partial charge in [-0.1, -0.05) is 35.0 Å². The van der Waals surface area contributed by atoms with E-state index >= 15 is 0 Å². The van der Waals surface area contributed by atoms with Crippen LogP contribution in [-0.2, 0) is 19.0 Å². The normalized spacial score (nSPS) is 14.6. The predicted octanol–water partition coefficient (Wildman–Crippen LogP) is 1.54. The molecule has 1 heterocycles. The van der Waals surface area contributed by atoms with Crippen molar-refractivity contribution in [1.82, 2.24) is 15.0 Å². The average Bonchev–Trinajstić information content (AvgIpc) is 2.63. The summed E-state index contributed by atoms with van der Waals surface area (Å²) in [4.78, 5) is 0. The maximum Gasteiger partial charge on any atom is 0.0848 e. The monoisotopic (exact) mass is 230 g/mol. The highest BCUT2D eigenvalue weighted by Crippen LogP contribution is 2.22. The lowest BCUT2D eigenvalue weighted by Gasteiger charge is -2.24. The maximum absolute atomic E-state index is 6.37. The lowest BCUT2D eigenvalue weighted by atomic mass is 9.88. The molecule has 2 aromatic rings. The summed E-state index contributed by atoms with van der Waals surface area (Å²) >= 11 is 0. The van der Waals surface area contributed by atoms with Crippen molar-refractivity contribution in [2.45, 2.75) is 25.8 Å². The van der Waals surface area contributed by atoms with Gasteiger partial charge in [-0.25, -0.2) is 0 Å². The molecule has 0 fully saturated rings. The molecular formula is C13H18N4. The Bertz CT molecular complexity index is 514. The summed E-state index contributed by atoms with van der Waals surface area (Å²) in [6.45, 7) is 4.10. The van der Waals surface area contributed by atoms with E-state index in [0.717, 1.165) is 11.3 Å². The fourth-order valence-corrected chi connectivity index (χ4v) is 1.95. The summed E-state index contributed by atoms with van der Waals surface area (Å²) in [5.41, 5.74) is 9.22. The van der Waals surface area contributed by atoms with Gasteiger partial charge in [0.15, 0.2) is 0 Å². The third-order valence-corrected chi connectivity index (χ3v) is 2.88. The third kappa shape index (κ3) is 2.71. The molecule has 4 nitrogen and oxygen atoms in total. The molecule has 0 amide bonds. The first-order valence-corrected chi connectivity index (χ1v) is 5.68. The molecule has 1 aromatic heterocycles. The van der Waals surface area contributed by atoms with Gasteiger partial charge in [-0.3, -0.25) is 4.68 Å². The van der Waals surface area contributed by atoms with Crippen LogP contribution in [0.4, 0.5) is 0 Å². The number of nitrogens with two attached hydrogens (primary N) is 1. The fourth-order valence-electron chi connectivity index (χ4n) is 1.95. The standard InChI is InChI=1S/C13H18N4/c1-10-5-4-6-11(7-10)13(2,14)8-12-9-17(3)16-15-12/h4-7,9H,8,14H2,1-3H3. The Balaban J connectivity index is 2.24. The van der Waals surface area contributed by atoms with E-state index in [2.05, 4.69) is 35.4 Å². The second kappa shape index (κ2) is 4.30. The van der Waals surface area contributed by atoms with Crippen molar-refractivity contribution in [3.05, 3.63) is 47.3 Å². The number of aryl methyl sites for hydroxylation is 2. The van der Waals surface area contributed by atoms with Crippen LogP contribution < -0.4 is 5.73 Å². The van der Waals surface area contributed by atoms with Crippen LogP contribution in [0.3, 0.4) is 0 Å². The summed E-state index contributed by atoms with van der Waals surface area (Å²) in [5, 5.41) is 8.00. The van der Waals surface area contributed by atoms with E-state index in [1.165, 1.54) is 5.56 Å². The number of nitrogens with zero attached hydrogens (tertiary/aromatic N) is 3. The molecule has 0 radical (unpaired) electrons. The zero-order valence-corrected chi connectivity index (χ0v) is 10.5. The number of hydrogen-bond acceptors (Lipinski definition) is 3. The Kier molecular flexibility index (Phi) is 2.98. The smallest absolute Gasteiger partial charge is 0.0848 e. The van der Waals surface area contributed by atoms with Crippen LogP contribution in [0.5, 0.6) is 0 Å². The van der Waals surface area contributed by atoms with Gasteiger partial charge in [-0.2, -0.15) is 0 Å². The van der Waals surface area contributed by atoms with Crippen LogP contribution in [0.1, 0.15) is 23.7 Å². The molecule has 2 rings (SSSR count). The van der Waals surface area contributed by atoms with E-state index in [1.807, 2.05) is 26.2 Å². The van der Waals surface area contributed by atoms with Gasteiger partial charge in [0.25, 0.3) is 0 Å². The van der Waals surface area contributed by atoms with Crippen LogP contribution in [0.25, 0.3) is 0 Å². The van der Waals surface area contributed by atoms with E-state index in [0.29, 0.717) is 6.42 Å². The highest BCUT2D eigenvalue weighted by atomic mass is 15.4. The first-order chi connectivity index (χ1) is 7.97. The average molecular weight is 230 g/mol. The van der Waals surface area contributed by atoms with Crippen molar-refractivity contribution < 1.29 is 0 Å². The van der Waals surface area contributed by atoms with Gasteiger partial charge in [0.1, 0.15) is 0 Å². The minimum absolute atomic E-state index is 0.415. The Morgan fingerprint density at radius 2 is 2.18 bits per heavy atom. The molecule has 1 aromatic carbocycles. The van der Waals surface area contributed by atoms with Crippen LogP contribution in [0.2, 0.25) is 0 Å².